The molecule has 2 rings (SSSR count). The van der Waals surface area contributed by atoms with Gasteiger partial charge in [0.2, 0.25) is 5.89 Å². The molecule has 102 valence electrons. The van der Waals surface area contributed by atoms with E-state index in [9.17, 15) is 0 Å². The van der Waals surface area contributed by atoms with Crippen LogP contribution in [0.1, 0.15) is 50.2 Å². The first kappa shape index (κ1) is 13.8. The van der Waals surface area contributed by atoms with Gasteiger partial charge < -0.3 is 9.73 Å². The number of aromatic nitrogens is 3. The minimum absolute atomic E-state index is 0.0836. The Hall–Kier alpha value is -1.62. The molecule has 0 fully saturated rings. The second kappa shape index (κ2) is 5.57. The highest BCUT2D eigenvalue weighted by molar-refractivity contribution is 6.29. The van der Waals surface area contributed by atoms with Gasteiger partial charge in [-0.1, -0.05) is 25.4 Å². The number of anilines is 1. The first-order chi connectivity index (χ1) is 8.95. The Morgan fingerprint density at radius 3 is 2.58 bits per heavy atom. The van der Waals surface area contributed by atoms with Crippen LogP contribution in [0.4, 0.5) is 5.82 Å². The summed E-state index contributed by atoms with van der Waals surface area (Å²) >= 11 is 6.00. The van der Waals surface area contributed by atoms with Crippen LogP contribution in [0.5, 0.6) is 0 Å². The van der Waals surface area contributed by atoms with E-state index in [1.807, 2.05) is 27.7 Å². The Morgan fingerprint density at radius 2 is 2.00 bits per heavy atom. The SMILES string of the molecule is Cc1cnc(C(C)Nc2cc(Cl)nc(C(C)C)n2)o1. The zero-order valence-electron chi connectivity index (χ0n) is 11.4. The van der Waals surface area contributed by atoms with Crippen molar-refractivity contribution in [2.75, 3.05) is 5.32 Å². The average molecular weight is 281 g/mol. The number of aryl methyl sites for hydroxylation is 1. The van der Waals surface area contributed by atoms with E-state index in [0.29, 0.717) is 22.7 Å². The van der Waals surface area contributed by atoms with Crippen molar-refractivity contribution in [3.05, 3.63) is 34.9 Å². The number of hydrogen-bond acceptors (Lipinski definition) is 5. The predicted molar refractivity (Wildman–Crippen MR) is 74.4 cm³/mol. The highest BCUT2D eigenvalue weighted by Gasteiger charge is 2.13. The maximum absolute atomic E-state index is 6.00. The monoisotopic (exact) mass is 280 g/mol. The first-order valence-electron chi connectivity index (χ1n) is 6.19. The normalized spacial score (nSPS) is 12.7. The standard InChI is InChI=1S/C13H17ClN4O/c1-7(2)12-17-10(14)5-11(18-12)16-9(4)13-15-6-8(3)19-13/h5-7,9H,1-4H3,(H,16,17,18). The van der Waals surface area contributed by atoms with Crippen LogP contribution >= 0.6 is 11.6 Å². The van der Waals surface area contributed by atoms with Gasteiger partial charge >= 0.3 is 0 Å². The van der Waals surface area contributed by atoms with Gasteiger partial charge in [0.15, 0.2) is 0 Å². The summed E-state index contributed by atoms with van der Waals surface area (Å²) in [6, 6.07) is 1.61. The van der Waals surface area contributed by atoms with E-state index in [0.717, 1.165) is 5.76 Å². The molecule has 1 unspecified atom stereocenters. The molecule has 1 N–H and O–H groups in total. The van der Waals surface area contributed by atoms with Gasteiger partial charge in [-0.25, -0.2) is 15.0 Å². The number of nitrogens with zero attached hydrogens (tertiary/aromatic N) is 3. The van der Waals surface area contributed by atoms with Gasteiger partial charge in [0.1, 0.15) is 28.6 Å². The fourth-order valence-corrected chi connectivity index (χ4v) is 1.81. The van der Waals surface area contributed by atoms with Crippen molar-refractivity contribution >= 4 is 17.4 Å². The summed E-state index contributed by atoms with van der Waals surface area (Å²) in [5, 5.41) is 3.64. The summed E-state index contributed by atoms with van der Waals surface area (Å²) in [5.41, 5.74) is 0. The van der Waals surface area contributed by atoms with Crippen LogP contribution in [0.2, 0.25) is 5.15 Å². The minimum Gasteiger partial charge on any atom is -0.444 e. The molecule has 6 heteroatoms. The van der Waals surface area contributed by atoms with E-state index in [1.54, 1.807) is 12.3 Å². The van der Waals surface area contributed by atoms with Gasteiger partial charge in [0.05, 0.1) is 6.20 Å². The molecule has 2 aromatic rings. The fraction of sp³-hybridized carbons (Fsp3) is 0.462. The molecule has 0 saturated heterocycles. The molecule has 0 aliphatic rings. The zero-order chi connectivity index (χ0) is 14.0. The lowest BCUT2D eigenvalue weighted by atomic mass is 10.2. The van der Waals surface area contributed by atoms with Gasteiger partial charge in [-0.2, -0.15) is 0 Å². The second-order valence-corrected chi connectivity index (χ2v) is 5.15. The summed E-state index contributed by atoms with van der Waals surface area (Å²) in [4.78, 5) is 12.8. The van der Waals surface area contributed by atoms with Crippen LogP contribution < -0.4 is 5.32 Å². The number of hydrogen-bond donors (Lipinski definition) is 1. The lowest BCUT2D eigenvalue weighted by molar-refractivity contribution is 0.453. The van der Waals surface area contributed by atoms with Crippen LogP contribution in [0.25, 0.3) is 0 Å². The Balaban J connectivity index is 2.18. The zero-order valence-corrected chi connectivity index (χ0v) is 12.2. The molecule has 0 amide bonds. The van der Waals surface area contributed by atoms with E-state index < -0.39 is 0 Å². The molecular weight excluding hydrogens is 264 g/mol. The number of nitrogens with one attached hydrogen (secondary N) is 1. The smallest absolute Gasteiger partial charge is 0.216 e. The highest BCUT2D eigenvalue weighted by Crippen LogP contribution is 2.21. The van der Waals surface area contributed by atoms with E-state index in [4.69, 9.17) is 16.0 Å². The summed E-state index contributed by atoms with van der Waals surface area (Å²) in [6.45, 7) is 7.87. The Kier molecular flexibility index (Phi) is 4.04. The van der Waals surface area contributed by atoms with Crippen LogP contribution in [0, 0.1) is 6.92 Å². The Bertz CT molecular complexity index is 568. The maximum atomic E-state index is 6.00. The van der Waals surface area contributed by atoms with Crippen molar-refractivity contribution in [1.82, 2.24) is 15.0 Å². The second-order valence-electron chi connectivity index (χ2n) is 4.76. The van der Waals surface area contributed by atoms with Crippen molar-refractivity contribution in [1.29, 1.82) is 0 Å². The average Bonchev–Trinajstić information content (AvgIpc) is 2.75. The van der Waals surface area contributed by atoms with Gasteiger partial charge in [-0.3, -0.25) is 0 Å². The topological polar surface area (TPSA) is 63.8 Å². The van der Waals surface area contributed by atoms with Crippen molar-refractivity contribution in [2.24, 2.45) is 0 Å². The van der Waals surface area contributed by atoms with Gasteiger partial charge in [0.25, 0.3) is 0 Å². The molecule has 2 aromatic heterocycles. The lowest BCUT2D eigenvalue weighted by Crippen LogP contribution is -2.10. The van der Waals surface area contributed by atoms with Gasteiger partial charge in [-0.05, 0) is 13.8 Å². The fourth-order valence-electron chi connectivity index (χ4n) is 1.62. The minimum atomic E-state index is -0.0836. The molecule has 0 saturated carbocycles. The molecule has 1 atom stereocenters. The predicted octanol–water partition coefficient (Wildman–Crippen LogP) is 3.72. The van der Waals surface area contributed by atoms with Crippen LogP contribution in [0.3, 0.4) is 0 Å². The van der Waals surface area contributed by atoms with Crippen LogP contribution in [0.15, 0.2) is 16.7 Å². The summed E-state index contributed by atoms with van der Waals surface area (Å²) in [5.74, 6) is 3.02. The molecule has 19 heavy (non-hydrogen) atoms. The molecule has 0 radical (unpaired) electrons. The van der Waals surface area contributed by atoms with E-state index in [2.05, 4.69) is 20.3 Å². The van der Waals surface area contributed by atoms with Crippen molar-refractivity contribution in [3.8, 4) is 0 Å². The van der Waals surface area contributed by atoms with Gasteiger partial charge in [0, 0.05) is 12.0 Å². The number of oxazole rings is 1. The third kappa shape index (κ3) is 3.44. The molecule has 5 nitrogen and oxygen atoms in total. The maximum Gasteiger partial charge on any atom is 0.216 e. The third-order valence-corrected chi connectivity index (χ3v) is 2.80. The largest absolute Gasteiger partial charge is 0.444 e. The van der Waals surface area contributed by atoms with Crippen LogP contribution in [-0.2, 0) is 0 Å². The summed E-state index contributed by atoms with van der Waals surface area (Å²) in [7, 11) is 0. The van der Waals surface area contributed by atoms with E-state index in [-0.39, 0.29) is 12.0 Å². The van der Waals surface area contributed by atoms with Gasteiger partial charge in [-0.15, -0.1) is 0 Å². The first-order valence-corrected chi connectivity index (χ1v) is 6.57. The molecule has 2 heterocycles. The molecule has 0 spiro atoms. The Morgan fingerprint density at radius 1 is 1.26 bits per heavy atom. The molecule has 0 bridgehead atoms. The van der Waals surface area contributed by atoms with Crippen molar-refractivity contribution in [3.63, 3.8) is 0 Å². The molecule has 0 aromatic carbocycles. The van der Waals surface area contributed by atoms with Crippen molar-refractivity contribution in [2.45, 2.75) is 39.7 Å². The third-order valence-electron chi connectivity index (χ3n) is 2.60. The molecule has 0 aliphatic carbocycles. The quantitative estimate of drug-likeness (QED) is 0.865. The number of halogens is 1. The lowest BCUT2D eigenvalue weighted by Gasteiger charge is -2.13. The molecule has 0 aliphatic heterocycles. The van der Waals surface area contributed by atoms with Crippen LogP contribution in [-0.4, -0.2) is 15.0 Å². The number of rotatable bonds is 4. The Labute approximate surface area is 117 Å². The summed E-state index contributed by atoms with van der Waals surface area (Å²) < 4.78 is 5.48. The highest BCUT2D eigenvalue weighted by atomic mass is 35.5. The van der Waals surface area contributed by atoms with Crippen molar-refractivity contribution < 1.29 is 4.42 Å². The molecular formula is C13H17ClN4O. The van der Waals surface area contributed by atoms with E-state index >= 15 is 0 Å². The summed E-state index contributed by atoms with van der Waals surface area (Å²) in [6.07, 6.45) is 1.69. The van der Waals surface area contributed by atoms with E-state index in [1.165, 1.54) is 0 Å².